The summed E-state index contributed by atoms with van der Waals surface area (Å²) in [5.41, 5.74) is 0. The van der Waals surface area contributed by atoms with E-state index in [2.05, 4.69) is 5.32 Å². The largest absolute Gasteiger partial charge is 0.394 e. The maximum Gasteiger partial charge on any atom is 0.238 e. The molecule has 4 nitrogen and oxygen atoms in total. The molecule has 1 amide bonds. The van der Waals surface area contributed by atoms with Crippen LogP contribution < -0.4 is 5.32 Å². The number of nitrogens with one attached hydrogen (secondary N) is 1. The maximum atomic E-state index is 11.0. The van der Waals surface area contributed by atoms with E-state index in [9.17, 15) is 4.79 Å². The molecule has 0 aromatic heterocycles. The van der Waals surface area contributed by atoms with Crippen LogP contribution in [0.2, 0.25) is 0 Å². The van der Waals surface area contributed by atoms with Crippen LogP contribution in [0.1, 0.15) is 6.92 Å². The summed E-state index contributed by atoms with van der Waals surface area (Å²) in [5.74, 6) is -0.298. The number of aliphatic hydroxyl groups excluding tert-OH is 1. The third-order valence-corrected chi connectivity index (χ3v) is 1.49. The second-order valence-electron chi connectivity index (χ2n) is 2.46. The van der Waals surface area contributed by atoms with Gasteiger partial charge in [-0.3, -0.25) is 4.79 Å². The highest BCUT2D eigenvalue weighted by molar-refractivity contribution is 6.30. The third-order valence-electron chi connectivity index (χ3n) is 1.30. The van der Waals surface area contributed by atoms with E-state index in [1.165, 1.54) is 7.11 Å². The third kappa shape index (κ3) is 4.54. The number of ether oxygens (including phenoxy) is 1. The number of rotatable bonds is 5. The molecule has 0 bridgehead atoms. The minimum Gasteiger partial charge on any atom is -0.394 e. The minimum atomic E-state index is -0.587. The lowest BCUT2D eigenvalue weighted by Gasteiger charge is -2.15. The Kier molecular flexibility index (Phi) is 6.06. The zero-order valence-electron chi connectivity index (χ0n) is 7.21. The van der Waals surface area contributed by atoms with Crippen LogP contribution in [0, 0.1) is 0 Å². The quantitative estimate of drug-likeness (QED) is 0.595. The van der Waals surface area contributed by atoms with Crippen molar-refractivity contribution < 1.29 is 14.6 Å². The molecule has 12 heavy (non-hydrogen) atoms. The van der Waals surface area contributed by atoms with Gasteiger partial charge in [-0.15, -0.1) is 11.6 Å². The summed E-state index contributed by atoms with van der Waals surface area (Å²) >= 11 is 5.49. The Bertz CT molecular complexity index is 141. The Morgan fingerprint density at radius 2 is 2.33 bits per heavy atom. The molecular weight excluding hydrogens is 182 g/mol. The zero-order chi connectivity index (χ0) is 9.56. The Labute approximate surface area is 76.9 Å². The fourth-order valence-corrected chi connectivity index (χ4v) is 0.720. The number of methoxy groups -OCH3 is 1. The van der Waals surface area contributed by atoms with E-state index < -0.39 is 5.38 Å². The molecule has 0 aliphatic heterocycles. The van der Waals surface area contributed by atoms with Crippen LogP contribution in [0.4, 0.5) is 0 Å². The molecule has 0 aromatic carbocycles. The van der Waals surface area contributed by atoms with Gasteiger partial charge in [0, 0.05) is 7.11 Å². The van der Waals surface area contributed by atoms with Crippen molar-refractivity contribution in [3.05, 3.63) is 0 Å². The summed E-state index contributed by atoms with van der Waals surface area (Å²) in [6.45, 7) is 1.70. The lowest BCUT2D eigenvalue weighted by molar-refractivity contribution is -0.121. The van der Waals surface area contributed by atoms with Crippen molar-refractivity contribution in [2.45, 2.75) is 18.3 Å². The number of carbonyl (C=O) groups excluding carboxylic acids is 1. The van der Waals surface area contributed by atoms with Crippen molar-refractivity contribution in [3.8, 4) is 0 Å². The predicted octanol–water partition coefficient (Wildman–Crippen LogP) is -0.263. The van der Waals surface area contributed by atoms with Gasteiger partial charge in [-0.2, -0.15) is 0 Å². The summed E-state index contributed by atoms with van der Waals surface area (Å²) in [7, 11) is 1.50. The number of carbonyl (C=O) groups is 1. The molecule has 2 unspecified atom stereocenters. The summed E-state index contributed by atoms with van der Waals surface area (Å²) in [6.07, 6.45) is 0. The number of halogens is 1. The van der Waals surface area contributed by atoms with E-state index >= 15 is 0 Å². The lowest BCUT2D eigenvalue weighted by Crippen LogP contribution is -2.43. The van der Waals surface area contributed by atoms with Gasteiger partial charge in [0.25, 0.3) is 0 Å². The van der Waals surface area contributed by atoms with Gasteiger partial charge in [0.05, 0.1) is 19.3 Å². The summed E-state index contributed by atoms with van der Waals surface area (Å²) in [4.78, 5) is 11.0. The van der Waals surface area contributed by atoms with Gasteiger partial charge in [-0.25, -0.2) is 0 Å². The molecule has 0 saturated carbocycles. The topological polar surface area (TPSA) is 58.6 Å². The molecule has 0 saturated heterocycles. The van der Waals surface area contributed by atoms with Crippen LogP contribution in [-0.2, 0) is 9.53 Å². The predicted molar refractivity (Wildman–Crippen MR) is 46.2 cm³/mol. The summed E-state index contributed by atoms with van der Waals surface area (Å²) < 4.78 is 4.76. The van der Waals surface area contributed by atoms with Crippen LogP contribution in [-0.4, -0.2) is 42.8 Å². The Hall–Kier alpha value is -0.320. The van der Waals surface area contributed by atoms with Crippen molar-refractivity contribution in [3.63, 3.8) is 0 Å². The molecule has 0 rings (SSSR count). The zero-order valence-corrected chi connectivity index (χ0v) is 7.97. The molecule has 0 aliphatic rings. The summed E-state index contributed by atoms with van der Waals surface area (Å²) in [5, 5.41) is 10.7. The second-order valence-corrected chi connectivity index (χ2v) is 3.11. The molecule has 2 atom stereocenters. The van der Waals surface area contributed by atoms with Crippen molar-refractivity contribution >= 4 is 17.5 Å². The van der Waals surface area contributed by atoms with E-state index in [4.69, 9.17) is 21.4 Å². The van der Waals surface area contributed by atoms with Crippen molar-refractivity contribution in [2.75, 3.05) is 20.3 Å². The number of hydrogen-bond acceptors (Lipinski definition) is 3. The SMILES string of the molecule is COCC(CO)NC(=O)C(C)Cl. The molecule has 0 radical (unpaired) electrons. The highest BCUT2D eigenvalue weighted by atomic mass is 35.5. The molecule has 72 valence electrons. The number of alkyl halides is 1. The molecule has 0 spiro atoms. The van der Waals surface area contributed by atoms with Crippen molar-refractivity contribution in [2.24, 2.45) is 0 Å². The molecule has 2 N–H and O–H groups in total. The smallest absolute Gasteiger partial charge is 0.238 e. The van der Waals surface area contributed by atoms with Gasteiger partial charge in [0.2, 0.25) is 5.91 Å². The number of hydrogen-bond donors (Lipinski definition) is 2. The highest BCUT2D eigenvalue weighted by Gasteiger charge is 2.14. The highest BCUT2D eigenvalue weighted by Crippen LogP contribution is 1.94. The van der Waals surface area contributed by atoms with E-state index in [0.29, 0.717) is 0 Å². The Balaban J connectivity index is 3.77. The average molecular weight is 196 g/mol. The normalized spacial score (nSPS) is 15.3. The van der Waals surface area contributed by atoms with Gasteiger partial charge in [-0.1, -0.05) is 0 Å². The summed E-state index contributed by atoms with van der Waals surface area (Å²) in [6, 6.07) is -0.372. The first kappa shape index (κ1) is 11.7. The fourth-order valence-electron chi connectivity index (χ4n) is 0.657. The molecule has 0 heterocycles. The van der Waals surface area contributed by atoms with E-state index in [1.54, 1.807) is 6.92 Å². The van der Waals surface area contributed by atoms with Crippen LogP contribution in [0.25, 0.3) is 0 Å². The Morgan fingerprint density at radius 1 is 1.75 bits per heavy atom. The van der Waals surface area contributed by atoms with Crippen LogP contribution in [0.3, 0.4) is 0 Å². The first-order valence-corrected chi connectivity index (χ1v) is 4.09. The van der Waals surface area contributed by atoms with Crippen molar-refractivity contribution in [1.82, 2.24) is 5.32 Å². The van der Waals surface area contributed by atoms with Gasteiger partial charge in [-0.05, 0) is 6.92 Å². The van der Waals surface area contributed by atoms with Gasteiger partial charge in [0.1, 0.15) is 5.38 Å². The maximum absolute atomic E-state index is 11.0. The van der Waals surface area contributed by atoms with Crippen LogP contribution in [0.5, 0.6) is 0 Å². The molecule has 0 aliphatic carbocycles. The molecule has 0 aromatic rings. The van der Waals surface area contributed by atoms with Crippen LogP contribution in [0.15, 0.2) is 0 Å². The first-order chi connectivity index (χ1) is 5.61. The standard InChI is InChI=1S/C7H14ClNO3/c1-5(8)7(11)9-6(3-10)4-12-2/h5-6,10H,3-4H2,1-2H3,(H,9,11). The lowest BCUT2D eigenvalue weighted by atomic mass is 10.3. The van der Waals surface area contributed by atoms with Crippen molar-refractivity contribution in [1.29, 1.82) is 0 Å². The molecule has 0 fully saturated rings. The van der Waals surface area contributed by atoms with E-state index in [0.717, 1.165) is 0 Å². The Morgan fingerprint density at radius 3 is 2.67 bits per heavy atom. The monoisotopic (exact) mass is 195 g/mol. The average Bonchev–Trinajstić information content (AvgIpc) is 2.03. The van der Waals surface area contributed by atoms with E-state index in [1.807, 2.05) is 0 Å². The molecular formula is C7H14ClNO3. The van der Waals surface area contributed by atoms with Gasteiger partial charge < -0.3 is 15.2 Å². The van der Waals surface area contributed by atoms with Gasteiger partial charge >= 0.3 is 0 Å². The number of aliphatic hydroxyl groups is 1. The van der Waals surface area contributed by atoms with E-state index in [-0.39, 0.29) is 25.2 Å². The number of amides is 1. The van der Waals surface area contributed by atoms with Gasteiger partial charge in [0.15, 0.2) is 0 Å². The first-order valence-electron chi connectivity index (χ1n) is 3.66. The fraction of sp³-hybridized carbons (Fsp3) is 0.857. The second kappa shape index (κ2) is 6.22. The van der Waals surface area contributed by atoms with Crippen LogP contribution >= 0.6 is 11.6 Å². The minimum absolute atomic E-state index is 0.150. The molecule has 5 heteroatoms.